The number of fused-ring (bicyclic) bond motifs is 2. The van der Waals surface area contributed by atoms with Gasteiger partial charge in [0.2, 0.25) is 5.91 Å². The lowest BCUT2D eigenvalue weighted by Gasteiger charge is -2.42. The lowest BCUT2D eigenvalue weighted by atomic mass is 9.94. The van der Waals surface area contributed by atoms with Crippen LogP contribution in [0.4, 0.5) is 5.69 Å². The van der Waals surface area contributed by atoms with Crippen molar-refractivity contribution in [3.63, 3.8) is 0 Å². The van der Waals surface area contributed by atoms with Crippen molar-refractivity contribution >= 4 is 23.4 Å². The van der Waals surface area contributed by atoms with E-state index >= 15 is 0 Å². The summed E-state index contributed by atoms with van der Waals surface area (Å²) in [4.78, 5) is 40.8. The summed E-state index contributed by atoms with van der Waals surface area (Å²) in [6, 6.07) is 21.4. The van der Waals surface area contributed by atoms with Crippen molar-refractivity contribution in [2.75, 3.05) is 26.1 Å². The van der Waals surface area contributed by atoms with Crippen molar-refractivity contribution in [3.8, 4) is 11.5 Å². The molecule has 2 N–H and O–H groups in total. The van der Waals surface area contributed by atoms with Crippen LogP contribution in [0, 0.1) is 0 Å². The summed E-state index contributed by atoms with van der Waals surface area (Å²) in [6.45, 7) is 2.20. The first-order valence-electron chi connectivity index (χ1n) is 13.8. The molecule has 3 aromatic rings. The summed E-state index contributed by atoms with van der Waals surface area (Å²) in [7, 11) is 3.30. The van der Waals surface area contributed by atoms with Gasteiger partial charge in [-0.05, 0) is 61.7 Å². The number of likely N-dealkylation sites (N-methyl/N-ethyl adjacent to an activating group) is 1. The van der Waals surface area contributed by atoms with Gasteiger partial charge < -0.3 is 29.7 Å². The maximum absolute atomic E-state index is 13.5. The molecule has 4 atom stereocenters. The first kappa shape index (κ1) is 28.2. The van der Waals surface area contributed by atoms with Gasteiger partial charge in [-0.25, -0.2) is 0 Å². The Morgan fingerprint density at radius 3 is 2.63 bits per heavy atom. The Bertz CT molecular complexity index is 1410. The third-order valence-corrected chi connectivity index (χ3v) is 7.69. The van der Waals surface area contributed by atoms with Crippen LogP contribution >= 0.6 is 0 Å². The van der Waals surface area contributed by atoms with E-state index in [9.17, 15) is 14.4 Å². The summed E-state index contributed by atoms with van der Waals surface area (Å²) < 4.78 is 17.6. The van der Waals surface area contributed by atoms with Crippen LogP contribution < -0.4 is 20.1 Å². The van der Waals surface area contributed by atoms with Crippen LogP contribution in [0.1, 0.15) is 58.5 Å². The van der Waals surface area contributed by atoms with E-state index in [0.29, 0.717) is 41.2 Å². The van der Waals surface area contributed by atoms with E-state index in [-0.39, 0.29) is 55.0 Å². The molecule has 0 saturated carbocycles. The van der Waals surface area contributed by atoms with Crippen LogP contribution in [0.15, 0.2) is 72.8 Å². The largest absolute Gasteiger partial charge is 0.497 e. The van der Waals surface area contributed by atoms with Crippen LogP contribution in [0.5, 0.6) is 11.5 Å². The molecule has 0 unspecified atom stereocenters. The average molecular weight is 558 g/mol. The minimum atomic E-state index is -0.373. The van der Waals surface area contributed by atoms with E-state index in [2.05, 4.69) is 10.6 Å². The number of nitrogens with one attached hydrogen (secondary N) is 2. The van der Waals surface area contributed by atoms with Crippen LogP contribution in [-0.2, 0) is 9.53 Å². The quantitative estimate of drug-likeness (QED) is 0.440. The van der Waals surface area contributed by atoms with E-state index in [0.717, 1.165) is 5.56 Å². The molecule has 0 aromatic heterocycles. The second-order valence-corrected chi connectivity index (χ2v) is 10.5. The van der Waals surface area contributed by atoms with Crippen molar-refractivity contribution in [1.82, 2.24) is 10.2 Å². The fourth-order valence-corrected chi connectivity index (χ4v) is 5.41. The average Bonchev–Trinajstić information content (AvgIpc) is 2.99. The third-order valence-electron chi connectivity index (χ3n) is 7.69. The molecular formula is C32H35N3O6. The predicted molar refractivity (Wildman–Crippen MR) is 154 cm³/mol. The second kappa shape index (κ2) is 12.4. The Morgan fingerprint density at radius 1 is 1.05 bits per heavy atom. The van der Waals surface area contributed by atoms with Gasteiger partial charge in [-0.1, -0.05) is 36.4 Å². The lowest BCUT2D eigenvalue weighted by Crippen LogP contribution is -2.54. The highest BCUT2D eigenvalue weighted by Crippen LogP contribution is 2.33. The summed E-state index contributed by atoms with van der Waals surface area (Å²) in [5.41, 5.74) is 2.33. The normalized spacial score (nSPS) is 20.8. The zero-order chi connectivity index (χ0) is 28.9. The molecule has 1 saturated heterocycles. The van der Waals surface area contributed by atoms with Gasteiger partial charge in [0, 0.05) is 18.3 Å². The number of anilines is 1. The highest BCUT2D eigenvalue weighted by Gasteiger charge is 2.39. The standard InChI is InChI=1S/C32H35N3O6/c1-20(21-8-5-4-6-9-21)33-30(36)18-25-13-14-27-29(41-25)19-40-28-15-12-23(17-26(28)32(38)35(27)2)34-31(37)22-10-7-11-24(16-22)39-3/h4-12,15-17,20,25,27,29H,13-14,18-19H2,1-3H3,(H,33,36)(H,34,37)/t20-,25+,27-,29+/m1/s1. The van der Waals surface area contributed by atoms with Gasteiger partial charge >= 0.3 is 0 Å². The Hall–Kier alpha value is -4.37. The Kier molecular flexibility index (Phi) is 8.54. The van der Waals surface area contributed by atoms with Gasteiger partial charge in [-0.2, -0.15) is 0 Å². The summed E-state index contributed by atoms with van der Waals surface area (Å²) in [5, 5.41) is 5.90. The number of hydrogen-bond donors (Lipinski definition) is 2. The summed E-state index contributed by atoms with van der Waals surface area (Å²) in [5.74, 6) is 0.388. The van der Waals surface area contributed by atoms with Gasteiger partial charge in [0.1, 0.15) is 24.2 Å². The highest BCUT2D eigenvalue weighted by molar-refractivity contribution is 6.05. The molecule has 1 fully saturated rings. The summed E-state index contributed by atoms with van der Waals surface area (Å²) in [6.07, 6.45) is 0.937. The number of nitrogens with zero attached hydrogens (tertiary/aromatic N) is 1. The van der Waals surface area contributed by atoms with Gasteiger partial charge in [-0.3, -0.25) is 14.4 Å². The zero-order valence-electron chi connectivity index (χ0n) is 23.5. The minimum absolute atomic E-state index is 0.0742. The SMILES string of the molecule is COc1cccc(C(=O)Nc2ccc3c(c2)C(=O)N(C)[C@@H]2CC[C@@H](CC(=O)N[C@H](C)c4ccccc4)O[C@H]2CO3)c1. The molecule has 214 valence electrons. The highest BCUT2D eigenvalue weighted by atomic mass is 16.5. The monoisotopic (exact) mass is 557 g/mol. The van der Waals surface area contributed by atoms with E-state index in [1.54, 1.807) is 61.5 Å². The lowest BCUT2D eigenvalue weighted by molar-refractivity contribution is -0.134. The first-order valence-corrected chi connectivity index (χ1v) is 13.8. The first-order chi connectivity index (χ1) is 19.8. The van der Waals surface area contributed by atoms with Gasteiger partial charge in [0.15, 0.2) is 0 Å². The van der Waals surface area contributed by atoms with E-state index in [1.165, 1.54) is 0 Å². The smallest absolute Gasteiger partial charge is 0.257 e. The fraction of sp³-hybridized carbons (Fsp3) is 0.344. The van der Waals surface area contributed by atoms with Crippen molar-refractivity contribution in [2.24, 2.45) is 0 Å². The molecule has 3 aromatic carbocycles. The fourth-order valence-electron chi connectivity index (χ4n) is 5.41. The molecule has 5 rings (SSSR count). The van der Waals surface area contributed by atoms with E-state index in [4.69, 9.17) is 14.2 Å². The predicted octanol–water partition coefficient (Wildman–Crippen LogP) is 4.60. The number of amides is 3. The Labute approximate surface area is 239 Å². The topological polar surface area (TPSA) is 106 Å². The van der Waals surface area contributed by atoms with Gasteiger partial charge in [-0.15, -0.1) is 0 Å². The number of hydrogen-bond acceptors (Lipinski definition) is 6. The molecule has 2 heterocycles. The molecule has 0 bridgehead atoms. The molecular weight excluding hydrogens is 522 g/mol. The van der Waals surface area contributed by atoms with Crippen molar-refractivity contribution in [3.05, 3.63) is 89.5 Å². The van der Waals surface area contributed by atoms with Crippen LogP contribution in [0.3, 0.4) is 0 Å². The van der Waals surface area contributed by atoms with Crippen molar-refractivity contribution in [2.45, 2.75) is 50.5 Å². The molecule has 2 aliphatic heterocycles. The zero-order valence-corrected chi connectivity index (χ0v) is 23.5. The Balaban J connectivity index is 1.23. The molecule has 41 heavy (non-hydrogen) atoms. The van der Waals surface area contributed by atoms with E-state index in [1.807, 2.05) is 37.3 Å². The number of carbonyl (C=O) groups is 3. The molecule has 2 aliphatic rings. The molecule has 0 spiro atoms. The summed E-state index contributed by atoms with van der Waals surface area (Å²) >= 11 is 0. The molecule has 3 amide bonds. The van der Waals surface area contributed by atoms with Gasteiger partial charge in [0.25, 0.3) is 11.8 Å². The van der Waals surface area contributed by atoms with Crippen LogP contribution in [0.25, 0.3) is 0 Å². The van der Waals surface area contributed by atoms with Crippen LogP contribution in [-0.4, -0.2) is 61.6 Å². The molecule has 9 nitrogen and oxygen atoms in total. The van der Waals surface area contributed by atoms with E-state index < -0.39 is 0 Å². The maximum atomic E-state index is 13.5. The number of carbonyl (C=O) groups excluding carboxylic acids is 3. The van der Waals surface area contributed by atoms with Crippen molar-refractivity contribution < 1.29 is 28.6 Å². The second-order valence-electron chi connectivity index (χ2n) is 10.5. The third kappa shape index (κ3) is 6.52. The number of benzene rings is 3. The maximum Gasteiger partial charge on any atom is 0.257 e. The number of methoxy groups -OCH3 is 1. The Morgan fingerprint density at radius 2 is 1.85 bits per heavy atom. The number of rotatable bonds is 7. The number of ether oxygens (including phenoxy) is 3. The van der Waals surface area contributed by atoms with Crippen LogP contribution in [0.2, 0.25) is 0 Å². The van der Waals surface area contributed by atoms with Gasteiger partial charge in [0.05, 0.1) is 37.3 Å². The molecule has 0 radical (unpaired) electrons. The molecule has 0 aliphatic carbocycles. The minimum Gasteiger partial charge on any atom is -0.497 e. The van der Waals surface area contributed by atoms with Crippen molar-refractivity contribution in [1.29, 1.82) is 0 Å². The molecule has 9 heteroatoms.